The highest BCUT2D eigenvalue weighted by Crippen LogP contribution is 2.34. The first-order chi connectivity index (χ1) is 18.0. The van der Waals surface area contributed by atoms with Crippen molar-refractivity contribution in [3.8, 4) is 10.4 Å². The number of aromatic nitrogens is 1. The van der Waals surface area contributed by atoms with Crippen molar-refractivity contribution < 1.29 is 19.5 Å². The van der Waals surface area contributed by atoms with Crippen molar-refractivity contribution in [1.29, 1.82) is 0 Å². The van der Waals surface area contributed by atoms with Crippen LogP contribution in [-0.4, -0.2) is 51.2 Å². The molecule has 3 rings (SSSR count). The first-order valence-corrected chi connectivity index (χ1v) is 14.9. The number of carbonyl (C=O) groups excluding carboxylic acids is 3. The third-order valence-corrected chi connectivity index (χ3v) is 8.62. The van der Waals surface area contributed by atoms with Gasteiger partial charge in [0.1, 0.15) is 5.78 Å². The first-order valence-electron chi connectivity index (χ1n) is 14.0. The van der Waals surface area contributed by atoms with E-state index < -0.39 is 23.5 Å². The number of aliphatic hydroxyl groups is 1. The lowest BCUT2D eigenvalue weighted by Crippen LogP contribution is -2.47. The fraction of sp³-hybridized carbons (Fsp3) is 0.613. The van der Waals surface area contributed by atoms with Crippen LogP contribution in [0, 0.1) is 18.3 Å². The number of likely N-dealkylation sites (tertiary alicyclic amines) is 1. The van der Waals surface area contributed by atoms with E-state index in [0.717, 1.165) is 47.4 Å². The Kier molecular flexibility index (Phi) is 10.8. The van der Waals surface area contributed by atoms with Gasteiger partial charge in [-0.05, 0) is 36.3 Å². The quantitative estimate of drug-likeness (QED) is 0.307. The number of hydrogen-bond donors (Lipinski definition) is 1. The molecule has 1 amide bonds. The zero-order valence-electron chi connectivity index (χ0n) is 23.7. The van der Waals surface area contributed by atoms with Crippen molar-refractivity contribution in [2.45, 2.75) is 105 Å². The summed E-state index contributed by atoms with van der Waals surface area (Å²) in [6, 6.07) is 7.55. The molecule has 38 heavy (non-hydrogen) atoms. The highest BCUT2D eigenvalue weighted by atomic mass is 32.1. The highest BCUT2D eigenvalue weighted by Gasteiger charge is 2.43. The summed E-state index contributed by atoms with van der Waals surface area (Å²) in [6.45, 7) is 10.2. The molecule has 0 spiro atoms. The van der Waals surface area contributed by atoms with Gasteiger partial charge < -0.3 is 10.0 Å². The second-order valence-electron chi connectivity index (χ2n) is 11.8. The summed E-state index contributed by atoms with van der Waals surface area (Å²) in [4.78, 5) is 46.8. The highest BCUT2D eigenvalue weighted by molar-refractivity contribution is 7.13. The number of hydrogen-bond acceptors (Lipinski definition) is 6. The van der Waals surface area contributed by atoms with Crippen LogP contribution in [0.5, 0.6) is 0 Å². The van der Waals surface area contributed by atoms with Crippen LogP contribution >= 0.6 is 11.3 Å². The summed E-state index contributed by atoms with van der Waals surface area (Å²) in [5, 5.41) is 10.4. The number of β-amino-alcohol motifs (C(OH)–C–C–N with tert-alkyl or cyclic N) is 1. The van der Waals surface area contributed by atoms with Crippen molar-refractivity contribution in [2.24, 2.45) is 11.3 Å². The van der Waals surface area contributed by atoms with E-state index in [1.165, 1.54) is 0 Å². The van der Waals surface area contributed by atoms with E-state index in [-0.39, 0.29) is 36.9 Å². The number of carbonyl (C=O) groups is 3. The lowest BCUT2D eigenvalue weighted by molar-refractivity contribution is -0.145. The van der Waals surface area contributed by atoms with Crippen LogP contribution in [-0.2, 0) is 20.8 Å². The zero-order chi connectivity index (χ0) is 27.9. The Balaban J connectivity index is 1.63. The maximum atomic E-state index is 13.7. The number of unbranched alkanes of at least 4 members (excludes halogenated alkanes) is 3. The molecule has 1 aliphatic heterocycles. The SMILES string of the molecule is CCCCCCC(=O)C[C@H](C(=O)N1C[C@H](O)C[C@H]1C(=O)CCc1ccc(-c2scnc2C)cc1)C(C)(C)C. The summed E-state index contributed by atoms with van der Waals surface area (Å²) < 4.78 is 0. The topological polar surface area (TPSA) is 87.6 Å². The molecule has 0 aliphatic carbocycles. The van der Waals surface area contributed by atoms with Gasteiger partial charge in [0.2, 0.25) is 5.91 Å². The number of nitrogens with zero attached hydrogens (tertiary/aromatic N) is 2. The normalized spacial score (nSPS) is 18.5. The molecule has 7 heteroatoms. The van der Waals surface area contributed by atoms with Gasteiger partial charge in [0.05, 0.1) is 28.2 Å². The largest absolute Gasteiger partial charge is 0.391 e. The third kappa shape index (κ3) is 8.06. The van der Waals surface area contributed by atoms with E-state index in [4.69, 9.17) is 0 Å². The van der Waals surface area contributed by atoms with E-state index in [2.05, 4.69) is 24.0 Å². The van der Waals surface area contributed by atoms with Gasteiger partial charge in [0.15, 0.2) is 5.78 Å². The second kappa shape index (κ2) is 13.6. The Morgan fingerprint density at radius 2 is 1.82 bits per heavy atom. The van der Waals surface area contributed by atoms with E-state index in [9.17, 15) is 19.5 Å². The van der Waals surface area contributed by atoms with Crippen LogP contribution in [0.2, 0.25) is 0 Å². The molecule has 0 bridgehead atoms. The van der Waals surface area contributed by atoms with Crippen LogP contribution in [0.4, 0.5) is 0 Å². The Morgan fingerprint density at radius 1 is 1.11 bits per heavy atom. The monoisotopic (exact) mass is 540 g/mol. The molecule has 1 N–H and O–H groups in total. The molecule has 1 aliphatic rings. The number of ketones is 2. The lowest BCUT2D eigenvalue weighted by atomic mass is 9.76. The summed E-state index contributed by atoms with van der Waals surface area (Å²) in [6.07, 6.45) is 5.20. The van der Waals surface area contributed by atoms with Crippen molar-refractivity contribution in [3.63, 3.8) is 0 Å². The Bertz CT molecular complexity index is 1090. The first kappa shape index (κ1) is 30.2. The number of rotatable bonds is 13. The summed E-state index contributed by atoms with van der Waals surface area (Å²) in [7, 11) is 0. The average Bonchev–Trinajstić information content (AvgIpc) is 3.48. The van der Waals surface area contributed by atoms with Gasteiger partial charge in [0, 0.05) is 38.1 Å². The standard InChI is InChI=1S/C31H44N2O4S/c1-6-7-8-9-10-24(34)17-26(31(3,4)5)30(37)33-19-25(35)18-27(33)28(36)16-13-22-11-14-23(15-12-22)29-21(2)32-20-38-29/h11-12,14-15,20,25-27,35H,6-10,13,16-19H2,1-5H3/t25-,26-,27+/m1/s1. The van der Waals surface area contributed by atoms with Crippen LogP contribution < -0.4 is 0 Å². The molecule has 0 unspecified atom stereocenters. The van der Waals surface area contributed by atoms with E-state index in [0.29, 0.717) is 19.3 Å². The van der Waals surface area contributed by atoms with Crippen molar-refractivity contribution in [3.05, 3.63) is 41.0 Å². The Morgan fingerprint density at radius 3 is 2.42 bits per heavy atom. The van der Waals surface area contributed by atoms with Crippen molar-refractivity contribution in [1.82, 2.24) is 9.88 Å². The maximum absolute atomic E-state index is 13.7. The van der Waals surface area contributed by atoms with Crippen LogP contribution in [0.1, 0.15) is 90.3 Å². The van der Waals surface area contributed by atoms with Crippen molar-refractivity contribution in [2.75, 3.05) is 6.54 Å². The smallest absolute Gasteiger partial charge is 0.227 e. The minimum absolute atomic E-state index is 0.0316. The molecule has 6 nitrogen and oxygen atoms in total. The minimum Gasteiger partial charge on any atom is -0.391 e. The fourth-order valence-electron chi connectivity index (χ4n) is 5.24. The van der Waals surface area contributed by atoms with E-state index >= 15 is 0 Å². The number of Topliss-reactive ketones (excluding diaryl/α,β-unsaturated/α-hetero) is 2. The van der Waals surface area contributed by atoms with Crippen molar-refractivity contribution >= 4 is 28.8 Å². The third-order valence-electron chi connectivity index (χ3n) is 7.64. The molecular formula is C31H44N2O4S. The van der Waals surface area contributed by atoms with Gasteiger partial charge in [-0.3, -0.25) is 14.4 Å². The molecule has 1 aromatic carbocycles. The number of amides is 1. The second-order valence-corrected chi connectivity index (χ2v) is 12.7. The molecule has 1 saturated heterocycles. The minimum atomic E-state index is -0.722. The molecule has 1 fully saturated rings. The van der Waals surface area contributed by atoms with Gasteiger partial charge in [-0.25, -0.2) is 4.98 Å². The molecule has 3 atom stereocenters. The molecular weight excluding hydrogens is 496 g/mol. The van der Waals surface area contributed by atoms with Crippen LogP contribution in [0.15, 0.2) is 29.8 Å². The number of aliphatic hydroxyl groups excluding tert-OH is 1. The summed E-state index contributed by atoms with van der Waals surface area (Å²) in [5.41, 5.74) is 4.60. The predicted octanol–water partition coefficient (Wildman–Crippen LogP) is 6.17. The summed E-state index contributed by atoms with van der Waals surface area (Å²) in [5.74, 6) is -0.618. The molecule has 2 heterocycles. The lowest BCUT2D eigenvalue weighted by Gasteiger charge is -2.34. The Hall–Kier alpha value is -2.38. The fourth-order valence-corrected chi connectivity index (χ4v) is 6.05. The van der Waals surface area contributed by atoms with Gasteiger partial charge in [-0.15, -0.1) is 11.3 Å². The maximum Gasteiger partial charge on any atom is 0.227 e. The molecule has 2 aromatic rings. The van der Waals surface area contributed by atoms with E-state index in [1.54, 1.807) is 16.2 Å². The van der Waals surface area contributed by atoms with Gasteiger partial charge >= 0.3 is 0 Å². The molecule has 1 aromatic heterocycles. The molecule has 208 valence electrons. The predicted molar refractivity (Wildman–Crippen MR) is 153 cm³/mol. The van der Waals surface area contributed by atoms with Gasteiger partial charge in [-0.2, -0.15) is 0 Å². The van der Waals surface area contributed by atoms with Crippen LogP contribution in [0.3, 0.4) is 0 Å². The zero-order valence-corrected chi connectivity index (χ0v) is 24.5. The Labute approximate surface area is 231 Å². The number of aryl methyl sites for hydroxylation is 2. The summed E-state index contributed by atoms with van der Waals surface area (Å²) >= 11 is 1.61. The van der Waals surface area contributed by atoms with Gasteiger partial charge in [0.25, 0.3) is 0 Å². The number of thiazole rings is 1. The average molecular weight is 541 g/mol. The van der Waals surface area contributed by atoms with Crippen LogP contribution in [0.25, 0.3) is 10.4 Å². The molecule has 0 radical (unpaired) electrons. The molecule has 0 saturated carbocycles. The number of benzene rings is 1. The van der Waals surface area contributed by atoms with Gasteiger partial charge in [-0.1, -0.05) is 71.2 Å². The van der Waals surface area contributed by atoms with E-state index in [1.807, 2.05) is 45.3 Å².